The van der Waals surface area contributed by atoms with Crippen LogP contribution in [0.15, 0.2) is 12.2 Å². The van der Waals surface area contributed by atoms with Gasteiger partial charge in [-0.15, -0.1) is 0 Å². The third-order valence-electron chi connectivity index (χ3n) is 6.38. The molecular weight excluding hydrogens is 270 g/mol. The molecule has 0 unspecified atom stereocenters. The number of nitrogens with zero attached hydrogens (tertiary/aromatic N) is 1. The van der Waals surface area contributed by atoms with Gasteiger partial charge >= 0.3 is 0 Å². The van der Waals surface area contributed by atoms with Crippen molar-refractivity contribution in [2.45, 2.75) is 77.0 Å². The van der Waals surface area contributed by atoms with Crippen molar-refractivity contribution in [1.82, 2.24) is 4.90 Å². The molecule has 0 spiro atoms. The van der Waals surface area contributed by atoms with E-state index in [1.807, 2.05) is 0 Å². The molecule has 1 amide bonds. The lowest BCUT2D eigenvalue weighted by atomic mass is 9.69. The monoisotopic (exact) mass is 303 g/mol. The van der Waals surface area contributed by atoms with Crippen LogP contribution in [0.3, 0.4) is 0 Å². The molecule has 1 heterocycles. The van der Waals surface area contributed by atoms with E-state index in [2.05, 4.69) is 11.5 Å². The van der Waals surface area contributed by atoms with E-state index in [1.54, 1.807) is 0 Å². The summed E-state index contributed by atoms with van der Waals surface area (Å²) >= 11 is 0. The maximum Gasteiger partial charge on any atom is 0.226 e. The van der Waals surface area contributed by atoms with Crippen LogP contribution in [0, 0.1) is 17.8 Å². The smallest absolute Gasteiger partial charge is 0.226 e. The zero-order valence-electron chi connectivity index (χ0n) is 14.2. The minimum Gasteiger partial charge on any atom is -0.342 e. The Hall–Kier alpha value is -0.790. The van der Waals surface area contributed by atoms with E-state index in [1.165, 1.54) is 69.8 Å². The molecule has 0 aromatic rings. The summed E-state index contributed by atoms with van der Waals surface area (Å²) in [5.74, 6) is 2.20. The fraction of sp³-hybridized carbons (Fsp3) is 0.850. The molecule has 3 rings (SSSR count). The van der Waals surface area contributed by atoms with Crippen LogP contribution >= 0.6 is 0 Å². The predicted octanol–water partition coefficient (Wildman–Crippen LogP) is 4.94. The highest BCUT2D eigenvalue weighted by molar-refractivity contribution is 5.79. The molecule has 2 nitrogen and oxygen atoms in total. The standard InChI is InChI=1S/C20H33NO/c1-16-12-14-21(15-13-16)20(22)19(17-8-4-2-5-9-17)18-10-6-3-7-11-18/h17-19H,1-15H2. The molecule has 124 valence electrons. The van der Waals surface area contributed by atoms with Crippen LogP contribution in [0.5, 0.6) is 0 Å². The van der Waals surface area contributed by atoms with Crippen molar-refractivity contribution in [2.24, 2.45) is 17.8 Å². The van der Waals surface area contributed by atoms with Crippen LogP contribution in [0.1, 0.15) is 77.0 Å². The Morgan fingerprint density at radius 3 is 1.77 bits per heavy atom. The largest absolute Gasteiger partial charge is 0.342 e. The highest BCUT2D eigenvalue weighted by Crippen LogP contribution is 2.41. The van der Waals surface area contributed by atoms with Crippen molar-refractivity contribution in [1.29, 1.82) is 0 Å². The maximum absolute atomic E-state index is 13.3. The maximum atomic E-state index is 13.3. The fourth-order valence-corrected chi connectivity index (χ4v) is 5.03. The topological polar surface area (TPSA) is 20.3 Å². The van der Waals surface area contributed by atoms with Gasteiger partial charge < -0.3 is 4.90 Å². The molecule has 0 atom stereocenters. The van der Waals surface area contributed by atoms with Crippen LogP contribution in [-0.4, -0.2) is 23.9 Å². The minimum absolute atomic E-state index is 0.340. The van der Waals surface area contributed by atoms with E-state index in [0.29, 0.717) is 23.7 Å². The first-order chi connectivity index (χ1) is 10.8. The van der Waals surface area contributed by atoms with Crippen LogP contribution in [-0.2, 0) is 4.79 Å². The number of rotatable bonds is 3. The van der Waals surface area contributed by atoms with Crippen LogP contribution < -0.4 is 0 Å². The molecule has 0 aromatic carbocycles. The Bertz CT molecular complexity index is 363. The number of amides is 1. The van der Waals surface area contributed by atoms with E-state index in [4.69, 9.17) is 0 Å². The number of carbonyl (C=O) groups excluding carboxylic acids is 1. The van der Waals surface area contributed by atoms with Gasteiger partial charge in [0, 0.05) is 19.0 Å². The lowest BCUT2D eigenvalue weighted by Gasteiger charge is -2.40. The molecule has 0 N–H and O–H groups in total. The van der Waals surface area contributed by atoms with Gasteiger partial charge in [-0.2, -0.15) is 0 Å². The summed E-state index contributed by atoms with van der Waals surface area (Å²) in [5, 5.41) is 0. The lowest BCUT2D eigenvalue weighted by Crippen LogP contribution is -2.45. The van der Waals surface area contributed by atoms with Crippen molar-refractivity contribution in [2.75, 3.05) is 13.1 Å². The number of hydrogen-bond acceptors (Lipinski definition) is 1. The van der Waals surface area contributed by atoms with E-state index in [0.717, 1.165) is 25.9 Å². The second-order valence-electron chi connectivity index (χ2n) is 7.90. The Morgan fingerprint density at radius 2 is 1.32 bits per heavy atom. The van der Waals surface area contributed by atoms with Gasteiger partial charge in [-0.3, -0.25) is 4.79 Å². The van der Waals surface area contributed by atoms with Crippen molar-refractivity contribution in [3.63, 3.8) is 0 Å². The second-order valence-corrected chi connectivity index (χ2v) is 7.90. The number of piperidine rings is 1. The molecule has 2 aliphatic carbocycles. The number of likely N-dealkylation sites (tertiary alicyclic amines) is 1. The summed E-state index contributed by atoms with van der Waals surface area (Å²) in [6.07, 6.45) is 15.4. The summed E-state index contributed by atoms with van der Waals surface area (Å²) in [7, 11) is 0. The van der Waals surface area contributed by atoms with Gasteiger partial charge in [0.25, 0.3) is 0 Å². The molecule has 1 saturated heterocycles. The molecular formula is C20H33NO. The van der Waals surface area contributed by atoms with Gasteiger partial charge in [-0.05, 0) is 50.4 Å². The SMILES string of the molecule is C=C1CCN(C(=O)C(C2CCCCC2)C2CCCCC2)CC1. The zero-order chi connectivity index (χ0) is 15.4. The Kier molecular flexibility index (Phi) is 5.60. The predicted molar refractivity (Wildman–Crippen MR) is 91.6 cm³/mol. The van der Waals surface area contributed by atoms with Crippen molar-refractivity contribution in [3.05, 3.63) is 12.2 Å². The first-order valence-corrected chi connectivity index (χ1v) is 9.71. The number of carbonyl (C=O) groups is 1. The minimum atomic E-state index is 0.340. The van der Waals surface area contributed by atoms with Crippen LogP contribution in [0.25, 0.3) is 0 Å². The Balaban J connectivity index is 1.71. The molecule has 22 heavy (non-hydrogen) atoms. The van der Waals surface area contributed by atoms with Crippen LogP contribution in [0.2, 0.25) is 0 Å². The summed E-state index contributed by atoms with van der Waals surface area (Å²) < 4.78 is 0. The van der Waals surface area contributed by atoms with E-state index in [9.17, 15) is 4.79 Å². The highest BCUT2D eigenvalue weighted by atomic mass is 16.2. The summed E-state index contributed by atoms with van der Waals surface area (Å²) in [5.41, 5.74) is 1.33. The third-order valence-corrected chi connectivity index (χ3v) is 6.38. The molecule has 2 saturated carbocycles. The van der Waals surface area contributed by atoms with Gasteiger partial charge in [0.1, 0.15) is 0 Å². The molecule has 0 bridgehead atoms. The lowest BCUT2D eigenvalue weighted by molar-refractivity contribution is -0.141. The molecule has 3 fully saturated rings. The van der Waals surface area contributed by atoms with E-state index in [-0.39, 0.29) is 0 Å². The average Bonchev–Trinajstić information content (AvgIpc) is 2.57. The quantitative estimate of drug-likeness (QED) is 0.676. The van der Waals surface area contributed by atoms with E-state index < -0.39 is 0 Å². The molecule has 0 aromatic heterocycles. The highest BCUT2D eigenvalue weighted by Gasteiger charge is 2.38. The fourth-order valence-electron chi connectivity index (χ4n) is 5.03. The Morgan fingerprint density at radius 1 is 0.864 bits per heavy atom. The molecule has 1 aliphatic heterocycles. The van der Waals surface area contributed by atoms with Crippen molar-refractivity contribution < 1.29 is 4.79 Å². The van der Waals surface area contributed by atoms with Gasteiger partial charge in [-0.25, -0.2) is 0 Å². The first-order valence-electron chi connectivity index (χ1n) is 9.71. The summed E-state index contributed by atoms with van der Waals surface area (Å²) in [4.78, 5) is 15.5. The van der Waals surface area contributed by atoms with Gasteiger partial charge in [-0.1, -0.05) is 50.7 Å². The molecule has 2 heteroatoms. The van der Waals surface area contributed by atoms with Crippen molar-refractivity contribution in [3.8, 4) is 0 Å². The normalized spacial score (nSPS) is 25.7. The zero-order valence-corrected chi connectivity index (χ0v) is 14.2. The summed E-state index contributed by atoms with van der Waals surface area (Å²) in [6, 6.07) is 0. The van der Waals surface area contributed by atoms with Crippen LogP contribution in [0.4, 0.5) is 0 Å². The van der Waals surface area contributed by atoms with E-state index >= 15 is 0 Å². The second kappa shape index (κ2) is 7.66. The Labute approximate surface area is 136 Å². The first kappa shape index (κ1) is 16.1. The van der Waals surface area contributed by atoms with Gasteiger partial charge in [0.2, 0.25) is 5.91 Å². The number of hydrogen-bond donors (Lipinski definition) is 0. The van der Waals surface area contributed by atoms with Gasteiger partial charge in [0.15, 0.2) is 0 Å². The average molecular weight is 303 g/mol. The summed E-state index contributed by atoms with van der Waals surface area (Å²) in [6.45, 7) is 5.94. The molecule has 0 radical (unpaired) electrons. The third kappa shape index (κ3) is 3.75. The van der Waals surface area contributed by atoms with Crippen molar-refractivity contribution >= 4 is 5.91 Å². The molecule has 3 aliphatic rings. The van der Waals surface area contributed by atoms with Gasteiger partial charge in [0.05, 0.1) is 0 Å².